The van der Waals surface area contributed by atoms with Gasteiger partial charge in [-0.25, -0.2) is 4.68 Å². The molecule has 0 saturated heterocycles. The maximum absolute atomic E-state index is 13.0. The number of amides is 1. The highest BCUT2D eigenvalue weighted by Gasteiger charge is 2.23. The first kappa shape index (κ1) is 22.1. The molecule has 0 bridgehead atoms. The smallest absolute Gasteiger partial charge is 0.295 e. The van der Waals surface area contributed by atoms with Gasteiger partial charge < -0.3 is 9.88 Å². The zero-order chi connectivity index (χ0) is 22.8. The molecule has 166 valence electrons. The first-order valence-corrected chi connectivity index (χ1v) is 11.8. The molecule has 0 radical (unpaired) electrons. The second-order valence-electron chi connectivity index (χ2n) is 7.40. The Morgan fingerprint density at radius 3 is 2.59 bits per heavy atom. The van der Waals surface area contributed by atoms with E-state index < -0.39 is 5.25 Å². The number of aromatic nitrogens is 5. The van der Waals surface area contributed by atoms with Crippen molar-refractivity contribution in [3.63, 3.8) is 0 Å². The number of benzene rings is 1. The van der Waals surface area contributed by atoms with Crippen molar-refractivity contribution in [3.05, 3.63) is 74.6 Å². The van der Waals surface area contributed by atoms with Crippen molar-refractivity contribution in [3.8, 4) is 5.69 Å². The van der Waals surface area contributed by atoms with E-state index in [0.29, 0.717) is 17.3 Å². The Morgan fingerprint density at radius 2 is 1.91 bits per heavy atom. The molecule has 0 spiro atoms. The fourth-order valence-corrected chi connectivity index (χ4v) is 4.85. The Labute approximate surface area is 193 Å². The summed E-state index contributed by atoms with van der Waals surface area (Å²) in [6, 6.07) is 13.4. The summed E-state index contributed by atoms with van der Waals surface area (Å²) in [5, 5.41) is 13.6. The molecule has 1 N–H and O–H groups in total. The number of hydrogen-bond donors (Lipinski definition) is 1. The fraction of sp³-hybridized carbons (Fsp3) is 0.273. The van der Waals surface area contributed by atoms with Gasteiger partial charge in [-0.05, 0) is 37.4 Å². The molecule has 4 aromatic rings. The highest BCUT2D eigenvalue weighted by Crippen LogP contribution is 2.24. The summed E-state index contributed by atoms with van der Waals surface area (Å²) in [4.78, 5) is 27.1. The van der Waals surface area contributed by atoms with E-state index >= 15 is 0 Å². The topological polar surface area (TPSA) is 86.7 Å². The molecule has 1 atom stereocenters. The number of thioether (sulfide) groups is 1. The van der Waals surface area contributed by atoms with E-state index in [1.165, 1.54) is 16.6 Å². The van der Waals surface area contributed by atoms with Crippen LogP contribution in [-0.2, 0) is 25.3 Å². The van der Waals surface area contributed by atoms with Gasteiger partial charge in [-0.2, -0.15) is 0 Å². The summed E-state index contributed by atoms with van der Waals surface area (Å²) in [6.07, 6.45) is 0.699. The van der Waals surface area contributed by atoms with Crippen LogP contribution in [-0.4, -0.2) is 35.3 Å². The molecule has 4 rings (SSSR count). The molecule has 0 saturated carbocycles. The number of thiophene rings is 1. The molecule has 0 aliphatic heterocycles. The lowest BCUT2D eigenvalue weighted by atomic mass is 10.3. The van der Waals surface area contributed by atoms with Crippen LogP contribution >= 0.6 is 23.1 Å². The first-order chi connectivity index (χ1) is 15.4. The van der Waals surface area contributed by atoms with Gasteiger partial charge in [-0.15, -0.1) is 21.5 Å². The van der Waals surface area contributed by atoms with Crippen molar-refractivity contribution in [1.82, 2.24) is 24.1 Å². The predicted octanol–water partition coefficient (Wildman–Crippen LogP) is 3.38. The Hall–Kier alpha value is -3.11. The monoisotopic (exact) mass is 468 g/mol. The third-order valence-corrected chi connectivity index (χ3v) is 7.30. The van der Waals surface area contributed by atoms with E-state index in [1.807, 2.05) is 60.3 Å². The molecule has 10 heteroatoms. The second-order valence-corrected chi connectivity index (χ2v) is 9.74. The largest absolute Gasteiger partial charge is 0.319 e. The van der Waals surface area contributed by atoms with Gasteiger partial charge in [-0.3, -0.25) is 14.3 Å². The third-order valence-electron chi connectivity index (χ3n) is 5.29. The van der Waals surface area contributed by atoms with E-state index in [4.69, 9.17) is 0 Å². The van der Waals surface area contributed by atoms with E-state index in [9.17, 15) is 9.59 Å². The molecule has 3 heterocycles. The summed E-state index contributed by atoms with van der Waals surface area (Å²) < 4.78 is 5.19. The molecule has 8 nitrogen and oxygen atoms in total. The number of nitrogens with one attached hydrogen (secondary N) is 1. The molecule has 1 amide bonds. The summed E-state index contributed by atoms with van der Waals surface area (Å²) in [5.74, 6) is 0.580. The zero-order valence-electron chi connectivity index (χ0n) is 18.3. The normalized spacial score (nSPS) is 12.1. The van der Waals surface area contributed by atoms with Crippen LogP contribution in [0.4, 0.5) is 5.69 Å². The summed E-state index contributed by atoms with van der Waals surface area (Å²) >= 11 is 2.99. The third kappa shape index (κ3) is 4.28. The van der Waals surface area contributed by atoms with Crippen molar-refractivity contribution < 1.29 is 4.79 Å². The van der Waals surface area contributed by atoms with Gasteiger partial charge in [0, 0.05) is 25.4 Å². The number of nitrogens with zero attached hydrogens (tertiary/aromatic N) is 5. The summed E-state index contributed by atoms with van der Waals surface area (Å²) in [5.41, 5.74) is 1.44. The molecular formula is C22H24N6O2S2. The molecule has 3 aromatic heterocycles. The molecule has 0 unspecified atom stereocenters. The van der Waals surface area contributed by atoms with Crippen LogP contribution in [0.5, 0.6) is 0 Å². The summed E-state index contributed by atoms with van der Waals surface area (Å²) in [7, 11) is 3.70. The fourth-order valence-electron chi connectivity index (χ4n) is 3.32. The summed E-state index contributed by atoms with van der Waals surface area (Å²) in [6.45, 7) is 3.61. The van der Waals surface area contributed by atoms with Crippen molar-refractivity contribution in [2.75, 3.05) is 5.32 Å². The highest BCUT2D eigenvalue weighted by atomic mass is 32.2. The number of rotatable bonds is 7. The van der Waals surface area contributed by atoms with Crippen molar-refractivity contribution in [2.24, 2.45) is 14.1 Å². The van der Waals surface area contributed by atoms with Crippen LogP contribution in [0.25, 0.3) is 5.69 Å². The molecule has 0 aliphatic rings. The zero-order valence-corrected chi connectivity index (χ0v) is 19.9. The lowest BCUT2D eigenvalue weighted by molar-refractivity contribution is -0.115. The van der Waals surface area contributed by atoms with Crippen LogP contribution < -0.4 is 10.9 Å². The molecule has 1 aromatic carbocycles. The van der Waals surface area contributed by atoms with Crippen molar-refractivity contribution in [2.45, 2.75) is 30.7 Å². The molecule has 0 aliphatic carbocycles. The molecular weight excluding hydrogens is 444 g/mol. The maximum atomic E-state index is 13.0. The van der Waals surface area contributed by atoms with Crippen LogP contribution in [0.1, 0.15) is 23.3 Å². The number of carbonyl (C=O) groups is 1. The Kier molecular flexibility index (Phi) is 6.33. The second kappa shape index (κ2) is 9.17. The molecule has 0 fully saturated rings. The Bertz CT molecular complexity index is 1290. The van der Waals surface area contributed by atoms with Crippen LogP contribution in [0, 0.1) is 6.92 Å². The minimum Gasteiger partial charge on any atom is -0.319 e. The minimum absolute atomic E-state index is 0.260. The quantitative estimate of drug-likeness (QED) is 0.420. The Balaban J connectivity index is 1.49. The average molecular weight is 469 g/mol. The lowest BCUT2D eigenvalue weighted by Crippen LogP contribution is -2.27. The standard InChI is InChI=1S/C22H24N6O2S2/c1-14-19(21(30)28(27(14)4)16-9-6-5-7-10-16)23-20(29)15(2)32-22-25-24-18(26(22)3)13-17-11-8-12-31-17/h5-12,15H,13H2,1-4H3,(H,23,29)/t15-/m1/s1. The van der Waals surface area contributed by atoms with Gasteiger partial charge in [0.05, 0.1) is 16.6 Å². The number of hydrogen-bond acceptors (Lipinski definition) is 6. The number of para-hydroxylation sites is 1. The van der Waals surface area contributed by atoms with Gasteiger partial charge >= 0.3 is 0 Å². The van der Waals surface area contributed by atoms with Gasteiger partial charge in [-0.1, -0.05) is 36.0 Å². The number of carbonyl (C=O) groups excluding carboxylic acids is 1. The lowest BCUT2D eigenvalue weighted by Gasteiger charge is -2.11. The SMILES string of the molecule is Cc1c(NC(=O)[C@@H](C)Sc2nnc(Cc3cccs3)n2C)c(=O)n(-c2ccccc2)n1C. The maximum Gasteiger partial charge on any atom is 0.295 e. The van der Waals surface area contributed by atoms with Crippen molar-refractivity contribution in [1.29, 1.82) is 0 Å². The van der Waals surface area contributed by atoms with Gasteiger partial charge in [0.15, 0.2) is 5.16 Å². The molecule has 32 heavy (non-hydrogen) atoms. The van der Waals surface area contributed by atoms with Gasteiger partial charge in [0.1, 0.15) is 11.5 Å². The van der Waals surface area contributed by atoms with E-state index in [1.54, 1.807) is 34.7 Å². The van der Waals surface area contributed by atoms with Crippen molar-refractivity contribution >= 4 is 34.7 Å². The van der Waals surface area contributed by atoms with E-state index in [2.05, 4.69) is 21.6 Å². The first-order valence-electron chi connectivity index (χ1n) is 10.1. The Morgan fingerprint density at radius 1 is 1.16 bits per heavy atom. The van der Waals surface area contributed by atoms with E-state index in [0.717, 1.165) is 11.5 Å². The van der Waals surface area contributed by atoms with Crippen LogP contribution in [0.15, 0.2) is 57.8 Å². The van der Waals surface area contributed by atoms with E-state index in [-0.39, 0.29) is 17.2 Å². The highest BCUT2D eigenvalue weighted by molar-refractivity contribution is 8.00. The van der Waals surface area contributed by atoms with Crippen LogP contribution in [0.3, 0.4) is 0 Å². The van der Waals surface area contributed by atoms with Gasteiger partial charge in [0.25, 0.3) is 5.56 Å². The average Bonchev–Trinajstić information content (AvgIpc) is 3.47. The van der Waals surface area contributed by atoms with Crippen LogP contribution in [0.2, 0.25) is 0 Å². The predicted molar refractivity (Wildman–Crippen MR) is 128 cm³/mol. The number of anilines is 1. The van der Waals surface area contributed by atoms with Gasteiger partial charge in [0.2, 0.25) is 5.91 Å². The minimum atomic E-state index is -0.461.